The van der Waals surface area contributed by atoms with Crippen molar-refractivity contribution in [2.45, 2.75) is 13.3 Å². The third kappa shape index (κ3) is 4.84. The maximum absolute atomic E-state index is 10.9. The van der Waals surface area contributed by atoms with E-state index in [4.69, 9.17) is 15.2 Å². The molecule has 21 heavy (non-hydrogen) atoms. The van der Waals surface area contributed by atoms with Crippen LogP contribution in [0.25, 0.3) is 0 Å². The second-order valence-corrected chi connectivity index (χ2v) is 4.76. The highest BCUT2D eigenvalue weighted by Crippen LogP contribution is 2.14. The Kier molecular flexibility index (Phi) is 5.21. The maximum atomic E-state index is 10.9. The lowest BCUT2D eigenvalue weighted by Gasteiger charge is -2.08. The van der Waals surface area contributed by atoms with Crippen LogP contribution < -0.4 is 15.2 Å². The van der Waals surface area contributed by atoms with E-state index in [-0.39, 0.29) is 0 Å². The summed E-state index contributed by atoms with van der Waals surface area (Å²) in [4.78, 5) is 10.9. The van der Waals surface area contributed by atoms with E-state index in [1.807, 2.05) is 31.2 Å². The van der Waals surface area contributed by atoms with E-state index in [2.05, 4.69) is 0 Å². The van der Waals surface area contributed by atoms with E-state index in [0.29, 0.717) is 18.8 Å². The molecular formula is C17H19NO3. The van der Waals surface area contributed by atoms with Crippen LogP contribution in [0.3, 0.4) is 0 Å². The lowest BCUT2D eigenvalue weighted by atomic mass is 10.2. The molecule has 2 aromatic rings. The molecule has 0 atom stereocenters. The summed E-state index contributed by atoms with van der Waals surface area (Å²) in [6.45, 7) is 3.19. The molecule has 4 nitrogen and oxygen atoms in total. The van der Waals surface area contributed by atoms with Gasteiger partial charge in [-0.25, -0.2) is 0 Å². The average molecular weight is 285 g/mol. The fraction of sp³-hybridized carbons (Fsp3) is 0.235. The fourth-order valence-corrected chi connectivity index (χ4v) is 1.86. The van der Waals surface area contributed by atoms with Gasteiger partial charge in [0, 0.05) is 12.0 Å². The quantitative estimate of drug-likeness (QED) is 0.796. The molecule has 0 aliphatic carbocycles. The molecule has 4 heteroatoms. The first-order chi connectivity index (χ1) is 10.1. The summed E-state index contributed by atoms with van der Waals surface area (Å²) >= 11 is 0. The minimum absolute atomic E-state index is 0.437. The Balaban J connectivity index is 1.69. The Morgan fingerprint density at radius 1 is 1.00 bits per heavy atom. The minimum Gasteiger partial charge on any atom is -0.493 e. The molecule has 1 amide bonds. The number of benzene rings is 2. The van der Waals surface area contributed by atoms with Gasteiger partial charge in [-0.15, -0.1) is 0 Å². The summed E-state index contributed by atoms with van der Waals surface area (Å²) < 4.78 is 11.2. The largest absolute Gasteiger partial charge is 0.493 e. The Morgan fingerprint density at radius 3 is 2.29 bits per heavy atom. The molecule has 0 saturated carbocycles. The first-order valence-corrected chi connectivity index (χ1v) is 6.87. The second-order valence-electron chi connectivity index (χ2n) is 4.76. The van der Waals surface area contributed by atoms with Crippen LogP contribution in [0.4, 0.5) is 0 Å². The van der Waals surface area contributed by atoms with Crippen molar-refractivity contribution in [1.29, 1.82) is 0 Å². The summed E-state index contributed by atoms with van der Waals surface area (Å²) in [6, 6.07) is 14.7. The average Bonchev–Trinajstić information content (AvgIpc) is 2.47. The fourth-order valence-electron chi connectivity index (χ4n) is 1.86. The van der Waals surface area contributed by atoms with Crippen molar-refractivity contribution < 1.29 is 14.3 Å². The zero-order valence-corrected chi connectivity index (χ0v) is 12.0. The smallest absolute Gasteiger partial charge is 0.248 e. The van der Waals surface area contributed by atoms with E-state index < -0.39 is 5.91 Å². The predicted octanol–water partition coefficient (Wildman–Crippen LogP) is 2.94. The highest BCUT2D eigenvalue weighted by atomic mass is 16.5. The van der Waals surface area contributed by atoms with E-state index in [9.17, 15) is 4.79 Å². The van der Waals surface area contributed by atoms with Crippen LogP contribution in [-0.4, -0.2) is 19.1 Å². The van der Waals surface area contributed by atoms with Crippen molar-refractivity contribution in [1.82, 2.24) is 0 Å². The van der Waals surface area contributed by atoms with Crippen LogP contribution in [-0.2, 0) is 0 Å². The van der Waals surface area contributed by atoms with Crippen molar-refractivity contribution in [3.8, 4) is 11.5 Å². The molecule has 2 rings (SSSR count). The van der Waals surface area contributed by atoms with Crippen LogP contribution in [0.15, 0.2) is 48.5 Å². The predicted molar refractivity (Wildman–Crippen MR) is 81.7 cm³/mol. The molecule has 0 aromatic heterocycles. The Labute approximate surface area is 124 Å². The van der Waals surface area contributed by atoms with Gasteiger partial charge in [0.2, 0.25) is 5.91 Å². The number of carbonyl (C=O) groups is 1. The lowest BCUT2D eigenvalue weighted by molar-refractivity contribution is 0.100. The Hall–Kier alpha value is -2.49. The molecule has 2 aromatic carbocycles. The number of carbonyl (C=O) groups excluding carboxylic acids is 1. The molecule has 0 fully saturated rings. The van der Waals surface area contributed by atoms with E-state index in [0.717, 1.165) is 17.9 Å². The molecule has 2 N–H and O–H groups in total. The van der Waals surface area contributed by atoms with Gasteiger partial charge in [0.25, 0.3) is 0 Å². The van der Waals surface area contributed by atoms with Crippen molar-refractivity contribution in [2.24, 2.45) is 5.73 Å². The van der Waals surface area contributed by atoms with Crippen molar-refractivity contribution >= 4 is 5.91 Å². The van der Waals surface area contributed by atoms with Crippen molar-refractivity contribution in [2.75, 3.05) is 13.2 Å². The number of rotatable bonds is 7. The molecular weight excluding hydrogens is 266 g/mol. The topological polar surface area (TPSA) is 61.6 Å². The second kappa shape index (κ2) is 7.33. The molecule has 0 unspecified atom stereocenters. The zero-order chi connectivity index (χ0) is 15.1. The molecule has 0 aliphatic heterocycles. The molecule has 0 radical (unpaired) electrons. The monoisotopic (exact) mass is 285 g/mol. The summed E-state index contributed by atoms with van der Waals surface area (Å²) in [5.74, 6) is 1.16. The molecule has 0 saturated heterocycles. The normalized spacial score (nSPS) is 10.1. The van der Waals surface area contributed by atoms with Gasteiger partial charge >= 0.3 is 0 Å². The van der Waals surface area contributed by atoms with Gasteiger partial charge in [-0.05, 0) is 48.9 Å². The van der Waals surface area contributed by atoms with Gasteiger partial charge in [0.05, 0.1) is 13.2 Å². The van der Waals surface area contributed by atoms with Crippen LogP contribution in [0.5, 0.6) is 11.5 Å². The first kappa shape index (κ1) is 14.9. The number of primary amides is 1. The van der Waals surface area contributed by atoms with Crippen molar-refractivity contribution in [3.05, 3.63) is 59.7 Å². The standard InChI is InChI=1S/C17H19NO3/c1-13-4-2-5-16(12-13)21-11-3-10-20-15-8-6-14(7-9-15)17(18)19/h2,4-9,12H,3,10-11H2,1H3,(H2,18,19). The Morgan fingerprint density at radius 2 is 1.67 bits per heavy atom. The van der Waals surface area contributed by atoms with Gasteiger partial charge in [0.1, 0.15) is 11.5 Å². The van der Waals surface area contributed by atoms with Crippen LogP contribution >= 0.6 is 0 Å². The van der Waals surface area contributed by atoms with Gasteiger partial charge in [0.15, 0.2) is 0 Å². The summed E-state index contributed by atoms with van der Waals surface area (Å²) in [5.41, 5.74) is 6.83. The number of aryl methyl sites for hydroxylation is 1. The Bertz CT molecular complexity index is 593. The van der Waals surface area contributed by atoms with E-state index in [1.54, 1.807) is 24.3 Å². The molecule has 0 spiro atoms. The van der Waals surface area contributed by atoms with E-state index in [1.165, 1.54) is 5.56 Å². The van der Waals surface area contributed by atoms with Crippen molar-refractivity contribution in [3.63, 3.8) is 0 Å². The van der Waals surface area contributed by atoms with Crippen LogP contribution in [0.2, 0.25) is 0 Å². The summed E-state index contributed by atoms with van der Waals surface area (Å²) in [6.07, 6.45) is 0.783. The third-order valence-electron chi connectivity index (χ3n) is 2.95. The summed E-state index contributed by atoms with van der Waals surface area (Å²) in [5, 5.41) is 0. The van der Waals surface area contributed by atoms with Gasteiger partial charge in [-0.1, -0.05) is 12.1 Å². The SMILES string of the molecule is Cc1cccc(OCCCOc2ccc(C(N)=O)cc2)c1. The number of hydrogen-bond donors (Lipinski definition) is 1. The minimum atomic E-state index is -0.437. The summed E-state index contributed by atoms with van der Waals surface area (Å²) in [7, 11) is 0. The number of nitrogens with two attached hydrogens (primary N) is 1. The van der Waals surface area contributed by atoms with Gasteiger partial charge in [-0.3, -0.25) is 4.79 Å². The molecule has 0 bridgehead atoms. The van der Waals surface area contributed by atoms with Crippen LogP contribution in [0, 0.1) is 6.92 Å². The highest BCUT2D eigenvalue weighted by molar-refractivity contribution is 5.92. The zero-order valence-electron chi connectivity index (χ0n) is 12.0. The van der Waals surface area contributed by atoms with Gasteiger partial charge in [-0.2, -0.15) is 0 Å². The number of ether oxygens (including phenoxy) is 2. The molecule has 110 valence electrons. The van der Waals surface area contributed by atoms with Gasteiger partial charge < -0.3 is 15.2 Å². The molecule has 0 heterocycles. The third-order valence-corrected chi connectivity index (χ3v) is 2.95. The molecule has 0 aliphatic rings. The lowest BCUT2D eigenvalue weighted by Crippen LogP contribution is -2.10. The number of hydrogen-bond acceptors (Lipinski definition) is 3. The van der Waals surface area contributed by atoms with E-state index >= 15 is 0 Å². The van der Waals surface area contributed by atoms with Crippen LogP contribution in [0.1, 0.15) is 22.3 Å². The first-order valence-electron chi connectivity index (χ1n) is 6.87. The maximum Gasteiger partial charge on any atom is 0.248 e. The number of amides is 1. The highest BCUT2D eigenvalue weighted by Gasteiger charge is 2.00.